The molecule has 7 heteroatoms. The lowest BCUT2D eigenvalue weighted by atomic mass is 9.86. The fourth-order valence-electron chi connectivity index (χ4n) is 3.78. The molecule has 1 aliphatic heterocycles. The van der Waals surface area contributed by atoms with E-state index in [1.54, 1.807) is 35.3 Å². The SMILES string of the molecule is O=C1CCCC2=C1C(c1ccncc1)n1nc(-c3cccc(O)c3)nc1N2. The summed E-state index contributed by atoms with van der Waals surface area (Å²) >= 11 is 0. The number of hydrogen-bond donors (Lipinski definition) is 2. The van der Waals surface area contributed by atoms with Crippen molar-refractivity contribution in [2.75, 3.05) is 5.32 Å². The Morgan fingerprint density at radius 1 is 1.15 bits per heavy atom. The second-order valence-electron chi connectivity index (χ2n) is 6.73. The van der Waals surface area contributed by atoms with Crippen molar-refractivity contribution in [3.05, 3.63) is 65.6 Å². The van der Waals surface area contributed by atoms with Crippen LogP contribution in [-0.2, 0) is 4.79 Å². The minimum Gasteiger partial charge on any atom is -0.508 e. The summed E-state index contributed by atoms with van der Waals surface area (Å²) < 4.78 is 1.76. The van der Waals surface area contributed by atoms with Crippen molar-refractivity contribution < 1.29 is 9.90 Å². The van der Waals surface area contributed by atoms with Gasteiger partial charge in [-0.1, -0.05) is 12.1 Å². The highest BCUT2D eigenvalue weighted by Gasteiger charge is 2.36. The zero-order valence-electron chi connectivity index (χ0n) is 14.5. The Kier molecular flexibility index (Phi) is 3.53. The van der Waals surface area contributed by atoms with Gasteiger partial charge in [-0.2, -0.15) is 4.98 Å². The first-order valence-electron chi connectivity index (χ1n) is 8.90. The molecule has 0 radical (unpaired) electrons. The molecule has 0 bridgehead atoms. The number of fused-ring (bicyclic) bond motifs is 1. The number of carbonyl (C=O) groups is 1. The van der Waals surface area contributed by atoms with Gasteiger partial charge in [0.25, 0.3) is 0 Å². The van der Waals surface area contributed by atoms with E-state index in [0.717, 1.165) is 35.2 Å². The van der Waals surface area contributed by atoms with Gasteiger partial charge in [0.2, 0.25) is 5.95 Å². The van der Waals surface area contributed by atoms with Crippen molar-refractivity contribution in [2.24, 2.45) is 0 Å². The molecule has 0 amide bonds. The average Bonchev–Trinajstić information content (AvgIpc) is 3.11. The molecule has 1 unspecified atom stereocenters. The summed E-state index contributed by atoms with van der Waals surface area (Å²) in [6.45, 7) is 0. The van der Waals surface area contributed by atoms with Crippen LogP contribution in [0.5, 0.6) is 5.75 Å². The van der Waals surface area contributed by atoms with Crippen LogP contribution in [0, 0.1) is 0 Å². The number of phenols is 1. The van der Waals surface area contributed by atoms with Crippen LogP contribution in [0.3, 0.4) is 0 Å². The first-order chi connectivity index (χ1) is 13.2. The number of nitrogens with zero attached hydrogens (tertiary/aromatic N) is 4. The van der Waals surface area contributed by atoms with Gasteiger partial charge in [0.15, 0.2) is 11.6 Å². The Balaban J connectivity index is 1.68. The molecular formula is C20H17N5O2. The fraction of sp³-hybridized carbons (Fsp3) is 0.200. The number of rotatable bonds is 2. The number of Topliss-reactive ketones (excluding diaryl/α,β-unsaturated/α-hetero) is 1. The average molecular weight is 359 g/mol. The number of phenolic OH excluding ortho intramolecular Hbond substituents is 1. The Bertz CT molecular complexity index is 1070. The highest BCUT2D eigenvalue weighted by Crippen LogP contribution is 2.40. The van der Waals surface area contributed by atoms with E-state index in [-0.39, 0.29) is 17.6 Å². The Hall–Kier alpha value is -3.48. The summed E-state index contributed by atoms with van der Waals surface area (Å²) in [5.74, 6) is 1.40. The maximum Gasteiger partial charge on any atom is 0.226 e. The molecule has 134 valence electrons. The number of nitrogens with one attached hydrogen (secondary N) is 1. The molecule has 3 heterocycles. The number of benzene rings is 1. The van der Waals surface area contributed by atoms with Crippen LogP contribution >= 0.6 is 0 Å². The molecule has 27 heavy (non-hydrogen) atoms. The fourth-order valence-corrected chi connectivity index (χ4v) is 3.78. The number of pyridine rings is 1. The molecule has 1 atom stereocenters. The number of hydrogen-bond acceptors (Lipinski definition) is 6. The van der Waals surface area contributed by atoms with E-state index in [2.05, 4.69) is 20.4 Å². The van der Waals surface area contributed by atoms with Crippen LogP contribution in [0.15, 0.2) is 60.1 Å². The van der Waals surface area contributed by atoms with Crippen molar-refractivity contribution in [3.63, 3.8) is 0 Å². The van der Waals surface area contributed by atoms with Crippen LogP contribution in [0.2, 0.25) is 0 Å². The molecule has 0 spiro atoms. The Morgan fingerprint density at radius 3 is 2.81 bits per heavy atom. The van der Waals surface area contributed by atoms with Gasteiger partial charge in [-0.15, -0.1) is 5.10 Å². The van der Waals surface area contributed by atoms with Crippen LogP contribution in [0.25, 0.3) is 11.4 Å². The predicted molar refractivity (Wildman–Crippen MR) is 99.0 cm³/mol. The molecule has 3 aromatic rings. The van der Waals surface area contributed by atoms with E-state index >= 15 is 0 Å². The monoisotopic (exact) mass is 359 g/mol. The number of aromatic hydroxyl groups is 1. The van der Waals surface area contributed by atoms with Gasteiger partial charge in [-0.25, -0.2) is 4.68 Å². The third-order valence-electron chi connectivity index (χ3n) is 4.99. The second kappa shape index (κ2) is 6.05. The lowest BCUT2D eigenvalue weighted by molar-refractivity contribution is -0.116. The van der Waals surface area contributed by atoms with E-state index in [0.29, 0.717) is 18.2 Å². The largest absolute Gasteiger partial charge is 0.508 e. The Morgan fingerprint density at radius 2 is 2.00 bits per heavy atom. The molecule has 0 fully saturated rings. The van der Waals surface area contributed by atoms with Gasteiger partial charge in [-0.3, -0.25) is 9.78 Å². The number of ketones is 1. The molecular weight excluding hydrogens is 342 g/mol. The zero-order valence-corrected chi connectivity index (χ0v) is 14.5. The summed E-state index contributed by atoms with van der Waals surface area (Å²) in [6.07, 6.45) is 5.64. The molecule has 0 saturated carbocycles. The van der Waals surface area contributed by atoms with Crippen molar-refractivity contribution >= 4 is 11.7 Å². The second-order valence-corrected chi connectivity index (χ2v) is 6.73. The van der Waals surface area contributed by atoms with Gasteiger partial charge < -0.3 is 10.4 Å². The van der Waals surface area contributed by atoms with Gasteiger partial charge in [0, 0.05) is 35.6 Å². The number of aromatic nitrogens is 4. The van der Waals surface area contributed by atoms with Crippen LogP contribution in [0.4, 0.5) is 5.95 Å². The molecule has 2 aliphatic rings. The van der Waals surface area contributed by atoms with E-state index in [1.807, 2.05) is 18.2 Å². The third-order valence-corrected chi connectivity index (χ3v) is 4.99. The summed E-state index contributed by atoms with van der Waals surface area (Å²) in [5.41, 5.74) is 3.35. The van der Waals surface area contributed by atoms with E-state index in [9.17, 15) is 9.90 Å². The van der Waals surface area contributed by atoms with Gasteiger partial charge >= 0.3 is 0 Å². The molecule has 0 saturated heterocycles. The standard InChI is InChI=1S/C20H17N5O2/c26-14-4-1-3-13(11-14)19-23-20-22-15-5-2-6-16(27)17(15)18(25(20)24-19)12-7-9-21-10-8-12/h1,3-4,7-11,18,26H,2,5-6H2,(H,22,23,24). The Labute approximate surface area is 155 Å². The minimum atomic E-state index is -0.328. The normalized spacial score (nSPS) is 18.7. The zero-order chi connectivity index (χ0) is 18.4. The number of carbonyl (C=O) groups excluding carboxylic acids is 1. The van der Waals surface area contributed by atoms with Gasteiger partial charge in [0.05, 0.1) is 0 Å². The maximum absolute atomic E-state index is 12.7. The van der Waals surface area contributed by atoms with E-state index in [4.69, 9.17) is 0 Å². The van der Waals surface area contributed by atoms with Crippen molar-refractivity contribution in [1.82, 2.24) is 19.7 Å². The highest BCUT2D eigenvalue weighted by atomic mass is 16.3. The van der Waals surface area contributed by atoms with Crippen molar-refractivity contribution in [2.45, 2.75) is 25.3 Å². The first-order valence-corrected chi connectivity index (χ1v) is 8.90. The third kappa shape index (κ3) is 2.59. The van der Waals surface area contributed by atoms with Crippen molar-refractivity contribution in [1.29, 1.82) is 0 Å². The number of allylic oxidation sites excluding steroid dienone is 2. The lowest BCUT2D eigenvalue weighted by Gasteiger charge is -2.32. The summed E-state index contributed by atoms with van der Waals surface area (Å²) in [7, 11) is 0. The molecule has 1 aliphatic carbocycles. The summed E-state index contributed by atoms with van der Waals surface area (Å²) in [5, 5.41) is 17.7. The first kappa shape index (κ1) is 15.7. The molecule has 2 N–H and O–H groups in total. The maximum atomic E-state index is 12.7. The summed E-state index contributed by atoms with van der Waals surface area (Å²) in [6, 6.07) is 10.3. The van der Waals surface area contributed by atoms with Gasteiger partial charge in [-0.05, 0) is 42.7 Å². The molecule has 5 rings (SSSR count). The van der Waals surface area contributed by atoms with Crippen molar-refractivity contribution in [3.8, 4) is 17.1 Å². The molecule has 2 aromatic heterocycles. The quantitative estimate of drug-likeness (QED) is 0.730. The smallest absolute Gasteiger partial charge is 0.226 e. The number of anilines is 1. The van der Waals surface area contributed by atoms with Crippen LogP contribution in [0.1, 0.15) is 30.9 Å². The summed E-state index contributed by atoms with van der Waals surface area (Å²) in [4.78, 5) is 21.4. The molecule has 7 nitrogen and oxygen atoms in total. The van der Waals surface area contributed by atoms with Crippen LogP contribution < -0.4 is 5.32 Å². The highest BCUT2D eigenvalue weighted by molar-refractivity contribution is 5.99. The van der Waals surface area contributed by atoms with E-state index in [1.165, 1.54) is 0 Å². The minimum absolute atomic E-state index is 0.144. The lowest BCUT2D eigenvalue weighted by Crippen LogP contribution is -2.31. The van der Waals surface area contributed by atoms with Crippen LogP contribution in [-0.4, -0.2) is 30.6 Å². The predicted octanol–water partition coefficient (Wildman–Crippen LogP) is 3.07. The molecule has 1 aromatic carbocycles. The van der Waals surface area contributed by atoms with Gasteiger partial charge in [0.1, 0.15) is 11.8 Å². The topological polar surface area (TPSA) is 92.9 Å². The van der Waals surface area contributed by atoms with E-state index < -0.39 is 0 Å².